The Hall–Kier alpha value is -1.68. The van der Waals surface area contributed by atoms with Crippen molar-refractivity contribution in [3.63, 3.8) is 0 Å². The van der Waals surface area contributed by atoms with Crippen LogP contribution in [-0.2, 0) is 0 Å². The summed E-state index contributed by atoms with van der Waals surface area (Å²) in [6.45, 7) is 5.40. The molecular weight excluding hydrogens is 246 g/mol. The summed E-state index contributed by atoms with van der Waals surface area (Å²) in [5.41, 5.74) is 9.15. The number of ether oxygens (including phenoxy) is 2. The van der Waals surface area contributed by atoms with Crippen molar-refractivity contribution in [3.05, 3.63) is 28.6 Å². The highest BCUT2D eigenvalue weighted by Crippen LogP contribution is 2.42. The summed E-state index contributed by atoms with van der Waals surface area (Å²) in [4.78, 5) is 2.50. The molecule has 3 rings (SSSR count). The van der Waals surface area contributed by atoms with E-state index in [1.807, 2.05) is 12.1 Å². The Bertz CT molecular complexity index is 604. The number of thiophene rings is 1. The van der Waals surface area contributed by atoms with Crippen LogP contribution < -0.4 is 15.2 Å². The number of rotatable bonds is 1. The van der Waals surface area contributed by atoms with Gasteiger partial charge in [-0.25, -0.2) is 0 Å². The highest BCUT2D eigenvalue weighted by molar-refractivity contribution is 7.15. The highest BCUT2D eigenvalue weighted by Gasteiger charge is 2.17. The van der Waals surface area contributed by atoms with Crippen LogP contribution in [0.3, 0.4) is 0 Å². The minimum absolute atomic E-state index is 0.586. The van der Waals surface area contributed by atoms with Gasteiger partial charge in [0.15, 0.2) is 11.5 Å². The van der Waals surface area contributed by atoms with Gasteiger partial charge < -0.3 is 15.2 Å². The van der Waals surface area contributed by atoms with Gasteiger partial charge in [0, 0.05) is 27.1 Å². The van der Waals surface area contributed by atoms with Gasteiger partial charge >= 0.3 is 0 Å². The van der Waals surface area contributed by atoms with E-state index in [1.165, 1.54) is 15.3 Å². The lowest BCUT2D eigenvalue weighted by Crippen LogP contribution is -2.15. The Morgan fingerprint density at radius 1 is 1.06 bits per heavy atom. The summed E-state index contributed by atoms with van der Waals surface area (Å²) in [6, 6.07) is 6.02. The maximum atomic E-state index is 6.13. The lowest BCUT2D eigenvalue weighted by Gasteiger charge is -2.20. The predicted molar refractivity (Wildman–Crippen MR) is 74.6 cm³/mol. The topological polar surface area (TPSA) is 44.5 Å². The molecule has 0 aliphatic carbocycles. The Labute approximate surface area is 110 Å². The zero-order valence-corrected chi connectivity index (χ0v) is 11.3. The summed E-state index contributed by atoms with van der Waals surface area (Å²) in [5.74, 6) is 1.53. The highest BCUT2D eigenvalue weighted by atomic mass is 32.1. The first-order valence-corrected chi connectivity index (χ1v) is 6.73. The van der Waals surface area contributed by atoms with Crippen LogP contribution in [0.2, 0.25) is 0 Å². The molecule has 2 aromatic rings. The molecule has 0 unspecified atom stereocenters. The molecule has 0 bridgehead atoms. The van der Waals surface area contributed by atoms with Crippen molar-refractivity contribution in [2.75, 3.05) is 18.9 Å². The molecular formula is C14H15NO2S. The van der Waals surface area contributed by atoms with E-state index in [0.717, 1.165) is 22.7 Å². The standard InChI is InChI=1S/C14H15NO2S/c1-8-5-9(2)18-14(8)10-6-12-13(7-11(10)15)17-4-3-16-12/h5-7H,3-4,15H2,1-2H3. The summed E-state index contributed by atoms with van der Waals surface area (Å²) < 4.78 is 11.1. The van der Waals surface area contributed by atoms with Crippen LogP contribution >= 0.6 is 11.3 Å². The van der Waals surface area contributed by atoms with Gasteiger partial charge in [0.1, 0.15) is 13.2 Å². The second-order valence-electron chi connectivity index (χ2n) is 4.45. The Balaban J connectivity index is 2.15. The molecule has 18 heavy (non-hydrogen) atoms. The van der Waals surface area contributed by atoms with Crippen LogP contribution in [-0.4, -0.2) is 13.2 Å². The molecule has 0 spiro atoms. The van der Waals surface area contributed by atoms with Crippen molar-refractivity contribution < 1.29 is 9.47 Å². The molecule has 0 saturated heterocycles. The third-order valence-corrected chi connectivity index (χ3v) is 4.19. The van der Waals surface area contributed by atoms with Gasteiger partial charge in [-0.05, 0) is 31.5 Å². The van der Waals surface area contributed by atoms with Gasteiger partial charge in [-0.1, -0.05) is 0 Å². The maximum Gasteiger partial charge on any atom is 0.163 e. The van der Waals surface area contributed by atoms with Gasteiger partial charge in [-0.2, -0.15) is 0 Å². The summed E-state index contributed by atoms with van der Waals surface area (Å²) in [7, 11) is 0. The molecule has 3 nitrogen and oxygen atoms in total. The fraction of sp³-hybridized carbons (Fsp3) is 0.286. The van der Waals surface area contributed by atoms with Gasteiger partial charge in [-0.15, -0.1) is 11.3 Å². The van der Waals surface area contributed by atoms with Gasteiger partial charge in [-0.3, -0.25) is 0 Å². The normalized spacial score (nSPS) is 13.7. The Kier molecular flexibility index (Phi) is 2.67. The third-order valence-electron chi connectivity index (χ3n) is 3.00. The van der Waals surface area contributed by atoms with Crippen LogP contribution in [0.25, 0.3) is 10.4 Å². The number of aryl methyl sites for hydroxylation is 2. The first kappa shape index (κ1) is 11.4. The quantitative estimate of drug-likeness (QED) is 0.800. The van der Waals surface area contributed by atoms with E-state index < -0.39 is 0 Å². The second-order valence-corrected chi connectivity index (χ2v) is 5.71. The Morgan fingerprint density at radius 2 is 1.72 bits per heavy atom. The average molecular weight is 261 g/mol. The number of hydrogen-bond acceptors (Lipinski definition) is 4. The molecule has 94 valence electrons. The van der Waals surface area contributed by atoms with Crippen LogP contribution in [0.5, 0.6) is 11.5 Å². The molecule has 1 aromatic carbocycles. The fourth-order valence-corrected chi connectivity index (χ4v) is 3.27. The van der Waals surface area contributed by atoms with E-state index in [9.17, 15) is 0 Å². The molecule has 0 atom stereocenters. The number of fused-ring (bicyclic) bond motifs is 1. The van der Waals surface area contributed by atoms with E-state index in [-0.39, 0.29) is 0 Å². The second kappa shape index (κ2) is 4.21. The minimum Gasteiger partial charge on any atom is -0.486 e. The largest absolute Gasteiger partial charge is 0.486 e. The molecule has 0 amide bonds. The van der Waals surface area contributed by atoms with Gasteiger partial charge in [0.25, 0.3) is 0 Å². The zero-order valence-electron chi connectivity index (χ0n) is 10.4. The zero-order chi connectivity index (χ0) is 12.7. The number of nitrogens with two attached hydrogens (primary N) is 1. The molecule has 0 saturated carbocycles. The molecule has 1 aromatic heterocycles. The molecule has 2 heterocycles. The SMILES string of the molecule is Cc1cc(C)c(-c2cc3c(cc2N)OCCO3)s1. The summed E-state index contributed by atoms with van der Waals surface area (Å²) in [5, 5.41) is 0. The van der Waals surface area contributed by atoms with Crippen LogP contribution in [0.1, 0.15) is 10.4 Å². The summed E-state index contributed by atoms with van der Waals surface area (Å²) in [6.07, 6.45) is 0. The Morgan fingerprint density at radius 3 is 2.33 bits per heavy atom. The smallest absolute Gasteiger partial charge is 0.163 e. The monoisotopic (exact) mass is 261 g/mol. The average Bonchev–Trinajstić information content (AvgIpc) is 2.67. The van der Waals surface area contributed by atoms with Crippen molar-refractivity contribution >= 4 is 17.0 Å². The van der Waals surface area contributed by atoms with Gasteiger partial charge in [0.05, 0.1) is 0 Å². The van der Waals surface area contributed by atoms with Crippen molar-refractivity contribution in [3.8, 4) is 21.9 Å². The van der Waals surface area contributed by atoms with Crippen molar-refractivity contribution in [1.29, 1.82) is 0 Å². The van der Waals surface area contributed by atoms with E-state index in [0.29, 0.717) is 13.2 Å². The summed E-state index contributed by atoms with van der Waals surface area (Å²) >= 11 is 1.76. The number of hydrogen-bond donors (Lipinski definition) is 1. The first-order chi connectivity index (χ1) is 8.65. The predicted octanol–water partition coefficient (Wildman–Crippen LogP) is 3.39. The molecule has 0 fully saturated rings. The minimum atomic E-state index is 0.586. The molecule has 1 aliphatic heterocycles. The third kappa shape index (κ3) is 1.82. The molecule has 2 N–H and O–H groups in total. The number of benzene rings is 1. The first-order valence-electron chi connectivity index (χ1n) is 5.91. The van der Waals surface area contributed by atoms with E-state index in [4.69, 9.17) is 15.2 Å². The van der Waals surface area contributed by atoms with E-state index in [2.05, 4.69) is 19.9 Å². The van der Waals surface area contributed by atoms with E-state index >= 15 is 0 Å². The number of nitrogen functional groups attached to an aromatic ring is 1. The molecule has 4 heteroatoms. The van der Waals surface area contributed by atoms with E-state index in [1.54, 1.807) is 11.3 Å². The van der Waals surface area contributed by atoms with Crippen LogP contribution in [0.15, 0.2) is 18.2 Å². The maximum absolute atomic E-state index is 6.13. The van der Waals surface area contributed by atoms with Crippen molar-refractivity contribution in [2.45, 2.75) is 13.8 Å². The van der Waals surface area contributed by atoms with Crippen LogP contribution in [0.4, 0.5) is 5.69 Å². The fourth-order valence-electron chi connectivity index (χ4n) is 2.21. The van der Waals surface area contributed by atoms with Gasteiger partial charge in [0.2, 0.25) is 0 Å². The molecule has 0 radical (unpaired) electrons. The lowest BCUT2D eigenvalue weighted by molar-refractivity contribution is 0.172. The van der Waals surface area contributed by atoms with Crippen molar-refractivity contribution in [1.82, 2.24) is 0 Å². The molecule has 1 aliphatic rings. The lowest BCUT2D eigenvalue weighted by atomic mass is 10.1. The number of anilines is 1. The van der Waals surface area contributed by atoms with Crippen LogP contribution in [0, 0.1) is 13.8 Å². The van der Waals surface area contributed by atoms with Crippen molar-refractivity contribution in [2.24, 2.45) is 0 Å².